The van der Waals surface area contributed by atoms with Gasteiger partial charge in [0.2, 0.25) is 5.88 Å². The van der Waals surface area contributed by atoms with E-state index < -0.39 is 0 Å². The zero-order valence-corrected chi connectivity index (χ0v) is 19.2. The average molecular weight is 470 g/mol. The first-order valence-electron chi connectivity index (χ1n) is 11.4. The van der Waals surface area contributed by atoms with E-state index in [4.69, 9.17) is 21.1 Å². The highest BCUT2D eigenvalue weighted by Crippen LogP contribution is 2.20. The molecule has 0 unspecified atom stereocenters. The molecule has 2 aliphatic heterocycles. The number of imidazole rings is 1. The number of hydrogen-bond donors (Lipinski definition) is 0. The second-order valence-corrected chi connectivity index (χ2v) is 9.09. The Kier molecular flexibility index (Phi) is 6.75. The predicted molar refractivity (Wildman–Crippen MR) is 125 cm³/mol. The van der Waals surface area contributed by atoms with E-state index in [0.29, 0.717) is 23.6 Å². The van der Waals surface area contributed by atoms with E-state index in [1.54, 1.807) is 16.8 Å². The van der Waals surface area contributed by atoms with Gasteiger partial charge in [-0.2, -0.15) is 0 Å². The topological polar surface area (TPSA) is 74.4 Å². The molecule has 33 heavy (non-hydrogen) atoms. The van der Waals surface area contributed by atoms with Gasteiger partial charge in [0.1, 0.15) is 11.9 Å². The lowest BCUT2D eigenvalue weighted by Crippen LogP contribution is -2.39. The van der Waals surface area contributed by atoms with Gasteiger partial charge in [-0.1, -0.05) is 17.7 Å². The highest BCUT2D eigenvalue weighted by molar-refractivity contribution is 6.30. The van der Waals surface area contributed by atoms with Crippen LogP contribution in [0.4, 0.5) is 0 Å². The van der Waals surface area contributed by atoms with Gasteiger partial charge in [-0.15, -0.1) is 0 Å². The van der Waals surface area contributed by atoms with Gasteiger partial charge in [-0.3, -0.25) is 9.69 Å². The van der Waals surface area contributed by atoms with Crippen LogP contribution >= 0.6 is 11.6 Å². The number of ether oxygens (including phenoxy) is 2. The molecular weight excluding hydrogens is 442 g/mol. The largest absolute Gasteiger partial charge is 0.474 e. The van der Waals surface area contributed by atoms with Gasteiger partial charge in [-0.05, 0) is 31.4 Å². The SMILES string of the molecule is O=c1cc(Cl)ccn1Cc1cccc(OC2CCN(Cc3nccn3C[C@@H]3CCO3)CC2)n1. The second kappa shape index (κ2) is 10.1. The van der Waals surface area contributed by atoms with Gasteiger partial charge in [0.25, 0.3) is 5.56 Å². The molecule has 0 aromatic carbocycles. The first kappa shape index (κ1) is 22.1. The summed E-state index contributed by atoms with van der Waals surface area (Å²) in [4.78, 5) is 23.7. The highest BCUT2D eigenvalue weighted by Gasteiger charge is 2.24. The first-order chi connectivity index (χ1) is 16.1. The molecule has 0 bridgehead atoms. The summed E-state index contributed by atoms with van der Waals surface area (Å²) in [5.74, 6) is 1.70. The van der Waals surface area contributed by atoms with Crippen molar-refractivity contribution in [3.63, 3.8) is 0 Å². The number of nitrogens with zero attached hydrogens (tertiary/aromatic N) is 5. The van der Waals surface area contributed by atoms with Crippen molar-refractivity contribution in [1.29, 1.82) is 0 Å². The van der Waals surface area contributed by atoms with Crippen molar-refractivity contribution < 1.29 is 9.47 Å². The Morgan fingerprint density at radius 3 is 2.70 bits per heavy atom. The average Bonchev–Trinajstić information content (AvgIpc) is 3.21. The molecule has 0 saturated carbocycles. The van der Waals surface area contributed by atoms with E-state index in [-0.39, 0.29) is 11.7 Å². The molecule has 8 nitrogen and oxygen atoms in total. The maximum atomic E-state index is 12.1. The van der Waals surface area contributed by atoms with E-state index in [2.05, 4.69) is 19.4 Å². The van der Waals surface area contributed by atoms with Gasteiger partial charge in [0.05, 0.1) is 31.4 Å². The van der Waals surface area contributed by atoms with Crippen LogP contribution in [-0.4, -0.2) is 55.9 Å². The van der Waals surface area contributed by atoms with Crippen LogP contribution in [0.2, 0.25) is 5.02 Å². The normalized spacial score (nSPS) is 19.4. The third-order valence-electron chi connectivity index (χ3n) is 6.25. The van der Waals surface area contributed by atoms with Crippen molar-refractivity contribution in [2.75, 3.05) is 19.7 Å². The van der Waals surface area contributed by atoms with Crippen LogP contribution in [0.25, 0.3) is 0 Å². The van der Waals surface area contributed by atoms with Gasteiger partial charge in [-0.25, -0.2) is 9.97 Å². The molecular formula is C24H28ClN5O3. The zero-order chi connectivity index (χ0) is 22.6. The van der Waals surface area contributed by atoms with Gasteiger partial charge in [0, 0.05) is 55.4 Å². The van der Waals surface area contributed by atoms with E-state index in [1.807, 2.05) is 30.6 Å². The molecule has 0 aliphatic carbocycles. The maximum absolute atomic E-state index is 12.1. The Balaban J connectivity index is 1.13. The summed E-state index contributed by atoms with van der Waals surface area (Å²) in [7, 11) is 0. The van der Waals surface area contributed by atoms with Crippen LogP contribution in [-0.2, 0) is 24.4 Å². The van der Waals surface area contributed by atoms with E-state index in [9.17, 15) is 4.79 Å². The molecule has 2 saturated heterocycles. The number of piperidine rings is 1. The second-order valence-electron chi connectivity index (χ2n) is 8.65. The van der Waals surface area contributed by atoms with Crippen LogP contribution in [0.3, 0.4) is 0 Å². The molecule has 0 N–H and O–H groups in total. The first-order valence-corrected chi connectivity index (χ1v) is 11.8. The quantitative estimate of drug-likeness (QED) is 0.505. The fourth-order valence-corrected chi connectivity index (χ4v) is 4.41. The van der Waals surface area contributed by atoms with Crippen molar-refractivity contribution in [1.82, 2.24) is 24.0 Å². The third-order valence-corrected chi connectivity index (χ3v) is 6.49. The number of hydrogen-bond acceptors (Lipinski definition) is 6. The number of aromatic nitrogens is 4. The molecule has 3 aromatic rings. The standard InChI is InChI=1S/C24H28ClN5O3/c25-18-4-11-30(24(31)14-18)15-19-2-1-3-23(27-19)33-20-5-9-28(10-6-20)17-22-26-8-12-29(22)16-21-7-13-32-21/h1-4,8,11-12,14,20-21H,5-7,9-10,13,15-17H2/t21-/m0/s1. The van der Waals surface area contributed by atoms with Crippen LogP contribution in [0.1, 0.15) is 30.8 Å². The Hall–Kier alpha value is -2.68. The molecule has 0 amide bonds. The van der Waals surface area contributed by atoms with Gasteiger partial charge < -0.3 is 18.6 Å². The maximum Gasteiger partial charge on any atom is 0.252 e. The van der Waals surface area contributed by atoms with Crippen LogP contribution in [0, 0.1) is 0 Å². The van der Waals surface area contributed by atoms with E-state index in [0.717, 1.165) is 63.6 Å². The fraction of sp³-hybridized carbons (Fsp3) is 0.458. The van der Waals surface area contributed by atoms with E-state index in [1.165, 1.54) is 6.07 Å². The molecule has 3 aromatic heterocycles. The Labute approximate surface area is 197 Å². The van der Waals surface area contributed by atoms with Crippen molar-refractivity contribution in [3.8, 4) is 5.88 Å². The molecule has 1 atom stereocenters. The molecule has 9 heteroatoms. The molecule has 0 spiro atoms. The van der Waals surface area contributed by atoms with Crippen molar-refractivity contribution in [2.45, 2.75) is 51.1 Å². The molecule has 2 fully saturated rings. The minimum absolute atomic E-state index is 0.130. The summed E-state index contributed by atoms with van der Waals surface area (Å²) in [5.41, 5.74) is 0.625. The molecule has 2 aliphatic rings. The monoisotopic (exact) mass is 469 g/mol. The lowest BCUT2D eigenvalue weighted by atomic mass is 10.1. The number of halogens is 1. The molecule has 5 rings (SSSR count). The summed E-state index contributed by atoms with van der Waals surface area (Å²) in [5, 5.41) is 0.434. The lowest BCUT2D eigenvalue weighted by molar-refractivity contribution is -0.0598. The van der Waals surface area contributed by atoms with Crippen molar-refractivity contribution >= 4 is 11.6 Å². The predicted octanol–water partition coefficient (Wildman–Crippen LogP) is 2.97. The number of pyridine rings is 2. The fourth-order valence-electron chi connectivity index (χ4n) is 4.26. The number of rotatable bonds is 8. The van der Waals surface area contributed by atoms with Crippen LogP contribution in [0.5, 0.6) is 5.88 Å². The minimum Gasteiger partial charge on any atom is -0.474 e. The summed E-state index contributed by atoms with van der Waals surface area (Å²) < 4.78 is 15.5. The lowest BCUT2D eigenvalue weighted by Gasteiger charge is -2.32. The Morgan fingerprint density at radius 2 is 1.94 bits per heavy atom. The summed E-state index contributed by atoms with van der Waals surface area (Å²) >= 11 is 5.88. The third kappa shape index (κ3) is 5.63. The Bertz CT molecular complexity index is 1130. The number of likely N-dealkylation sites (tertiary alicyclic amines) is 1. The Morgan fingerprint density at radius 1 is 1.09 bits per heavy atom. The van der Waals surface area contributed by atoms with Gasteiger partial charge >= 0.3 is 0 Å². The van der Waals surface area contributed by atoms with Gasteiger partial charge in [0.15, 0.2) is 0 Å². The minimum atomic E-state index is -0.149. The molecule has 0 radical (unpaired) electrons. The van der Waals surface area contributed by atoms with Crippen LogP contribution in [0.15, 0.2) is 53.7 Å². The zero-order valence-electron chi connectivity index (χ0n) is 18.5. The summed E-state index contributed by atoms with van der Waals surface area (Å²) in [6.45, 7) is 4.90. The highest BCUT2D eigenvalue weighted by atomic mass is 35.5. The van der Waals surface area contributed by atoms with Crippen LogP contribution < -0.4 is 10.3 Å². The molecule has 174 valence electrons. The van der Waals surface area contributed by atoms with Crippen molar-refractivity contribution in [2.24, 2.45) is 0 Å². The smallest absolute Gasteiger partial charge is 0.252 e. The summed E-state index contributed by atoms with van der Waals surface area (Å²) in [6, 6.07) is 8.79. The molecule has 5 heterocycles. The van der Waals surface area contributed by atoms with Crippen molar-refractivity contribution in [3.05, 3.63) is 75.8 Å². The van der Waals surface area contributed by atoms with E-state index >= 15 is 0 Å². The summed E-state index contributed by atoms with van der Waals surface area (Å²) in [6.07, 6.45) is 9.07.